The van der Waals surface area contributed by atoms with Gasteiger partial charge < -0.3 is 10.3 Å². The molecule has 1 aromatic heterocycles. The van der Waals surface area contributed by atoms with Crippen molar-refractivity contribution in [1.29, 1.82) is 0 Å². The third kappa shape index (κ3) is 2.97. The van der Waals surface area contributed by atoms with Gasteiger partial charge in [-0.05, 0) is 42.7 Å². The zero-order valence-electron chi connectivity index (χ0n) is 12.3. The van der Waals surface area contributed by atoms with Crippen LogP contribution in [0.25, 0.3) is 10.9 Å². The molecule has 3 heteroatoms. The molecule has 0 aliphatic heterocycles. The molecular formula is C18H19ClN2. The van der Waals surface area contributed by atoms with Crippen molar-refractivity contribution in [3.63, 3.8) is 0 Å². The fourth-order valence-corrected chi connectivity index (χ4v) is 2.92. The second kappa shape index (κ2) is 5.92. The summed E-state index contributed by atoms with van der Waals surface area (Å²) in [5.74, 6) is 0. The smallest absolute Gasteiger partial charge is 0.0472 e. The van der Waals surface area contributed by atoms with Crippen LogP contribution in [0, 0.1) is 6.92 Å². The normalized spacial score (nSPS) is 12.7. The van der Waals surface area contributed by atoms with Crippen molar-refractivity contribution in [2.75, 3.05) is 0 Å². The largest absolute Gasteiger partial charge is 0.361 e. The van der Waals surface area contributed by atoms with E-state index >= 15 is 0 Å². The van der Waals surface area contributed by atoms with E-state index in [0.29, 0.717) is 6.04 Å². The highest BCUT2D eigenvalue weighted by atomic mass is 35.5. The zero-order valence-corrected chi connectivity index (χ0v) is 13.0. The first-order valence-electron chi connectivity index (χ1n) is 7.19. The molecule has 0 fully saturated rings. The number of hydrogen-bond acceptors (Lipinski definition) is 1. The molecule has 2 N–H and O–H groups in total. The fraction of sp³-hybridized carbons (Fsp3) is 0.222. The van der Waals surface area contributed by atoms with Gasteiger partial charge in [0, 0.05) is 34.7 Å². The first-order valence-corrected chi connectivity index (χ1v) is 7.57. The Kier molecular flexibility index (Phi) is 4.00. The average Bonchev–Trinajstić information content (AvgIpc) is 2.87. The number of aryl methyl sites for hydroxylation is 1. The maximum absolute atomic E-state index is 6.02. The number of hydrogen-bond donors (Lipinski definition) is 2. The summed E-state index contributed by atoms with van der Waals surface area (Å²) in [5.41, 5.74) is 5.02. The SMILES string of the molecule is Cc1ccccc1[C@H](C)NCc1c[nH]c2cc(Cl)ccc12. The van der Waals surface area contributed by atoms with Crippen molar-refractivity contribution in [3.8, 4) is 0 Å². The van der Waals surface area contributed by atoms with Crippen molar-refractivity contribution in [3.05, 3.63) is 70.4 Å². The molecule has 1 heterocycles. The van der Waals surface area contributed by atoms with Gasteiger partial charge >= 0.3 is 0 Å². The molecule has 0 aliphatic carbocycles. The number of aromatic nitrogens is 1. The molecule has 2 aromatic carbocycles. The summed E-state index contributed by atoms with van der Waals surface area (Å²) in [7, 11) is 0. The lowest BCUT2D eigenvalue weighted by Gasteiger charge is -2.16. The van der Waals surface area contributed by atoms with E-state index in [-0.39, 0.29) is 0 Å². The standard InChI is InChI=1S/C18H19ClN2/c1-12-5-3-4-6-16(12)13(2)20-10-14-11-21-18-9-15(19)7-8-17(14)18/h3-9,11,13,20-21H,10H2,1-2H3/t13-/m0/s1. The Labute approximate surface area is 130 Å². The molecular weight excluding hydrogens is 280 g/mol. The van der Waals surface area contributed by atoms with E-state index in [1.807, 2.05) is 12.1 Å². The minimum atomic E-state index is 0.323. The highest BCUT2D eigenvalue weighted by Crippen LogP contribution is 2.23. The topological polar surface area (TPSA) is 27.8 Å². The van der Waals surface area contributed by atoms with Crippen LogP contribution in [0.15, 0.2) is 48.7 Å². The Bertz CT molecular complexity index is 761. The Morgan fingerprint density at radius 2 is 2.00 bits per heavy atom. The highest BCUT2D eigenvalue weighted by Gasteiger charge is 2.09. The molecule has 1 atom stereocenters. The summed E-state index contributed by atoms with van der Waals surface area (Å²) in [6.45, 7) is 5.19. The molecule has 0 bridgehead atoms. The molecule has 0 radical (unpaired) electrons. The number of nitrogens with one attached hydrogen (secondary N) is 2. The molecule has 0 aliphatic rings. The first-order chi connectivity index (χ1) is 10.1. The van der Waals surface area contributed by atoms with Crippen LogP contribution in [-0.4, -0.2) is 4.98 Å². The predicted molar refractivity (Wildman–Crippen MR) is 89.7 cm³/mol. The number of rotatable bonds is 4. The molecule has 108 valence electrons. The summed E-state index contributed by atoms with van der Waals surface area (Å²) in [5, 5.41) is 5.58. The minimum absolute atomic E-state index is 0.323. The number of halogens is 1. The van der Waals surface area contributed by atoms with E-state index in [4.69, 9.17) is 11.6 Å². The van der Waals surface area contributed by atoms with Crippen LogP contribution in [-0.2, 0) is 6.54 Å². The van der Waals surface area contributed by atoms with Crippen molar-refractivity contribution in [2.45, 2.75) is 26.4 Å². The maximum atomic E-state index is 6.02. The number of benzene rings is 2. The van der Waals surface area contributed by atoms with Crippen LogP contribution in [0.2, 0.25) is 5.02 Å². The fourth-order valence-electron chi connectivity index (χ4n) is 2.75. The van der Waals surface area contributed by atoms with Gasteiger partial charge in [-0.1, -0.05) is 41.9 Å². The molecule has 0 saturated heterocycles. The molecule has 21 heavy (non-hydrogen) atoms. The maximum Gasteiger partial charge on any atom is 0.0472 e. The van der Waals surface area contributed by atoms with E-state index in [0.717, 1.165) is 17.1 Å². The van der Waals surface area contributed by atoms with Crippen molar-refractivity contribution >= 4 is 22.5 Å². The van der Waals surface area contributed by atoms with Crippen LogP contribution in [0.4, 0.5) is 0 Å². The summed E-state index contributed by atoms with van der Waals surface area (Å²) >= 11 is 6.02. The van der Waals surface area contributed by atoms with E-state index in [2.05, 4.69) is 60.7 Å². The summed E-state index contributed by atoms with van der Waals surface area (Å²) in [4.78, 5) is 3.28. The van der Waals surface area contributed by atoms with Crippen molar-refractivity contribution < 1.29 is 0 Å². The van der Waals surface area contributed by atoms with Crippen LogP contribution in [0.1, 0.15) is 29.7 Å². The van der Waals surface area contributed by atoms with Crippen molar-refractivity contribution in [2.24, 2.45) is 0 Å². The lowest BCUT2D eigenvalue weighted by atomic mass is 10.0. The molecule has 0 unspecified atom stereocenters. The Hall–Kier alpha value is -1.77. The number of aromatic amines is 1. The summed E-state index contributed by atoms with van der Waals surface area (Å²) in [6.07, 6.45) is 2.05. The van der Waals surface area contributed by atoms with E-state index in [9.17, 15) is 0 Å². The molecule has 0 spiro atoms. The van der Waals surface area contributed by atoms with Gasteiger partial charge in [0.15, 0.2) is 0 Å². The lowest BCUT2D eigenvalue weighted by Crippen LogP contribution is -2.18. The third-order valence-corrected chi connectivity index (χ3v) is 4.22. The first kappa shape index (κ1) is 14.2. The molecule has 3 aromatic rings. The zero-order chi connectivity index (χ0) is 14.8. The van der Waals surface area contributed by atoms with Gasteiger partial charge in [-0.25, -0.2) is 0 Å². The van der Waals surface area contributed by atoms with Gasteiger partial charge in [-0.2, -0.15) is 0 Å². The van der Waals surface area contributed by atoms with E-state index < -0.39 is 0 Å². The number of H-pyrrole nitrogens is 1. The van der Waals surface area contributed by atoms with Crippen LogP contribution in [0.5, 0.6) is 0 Å². The van der Waals surface area contributed by atoms with Gasteiger partial charge in [0.05, 0.1) is 0 Å². The summed E-state index contributed by atoms with van der Waals surface area (Å²) in [6, 6.07) is 14.8. The molecule has 0 amide bonds. The van der Waals surface area contributed by atoms with Crippen LogP contribution in [0.3, 0.4) is 0 Å². The Morgan fingerprint density at radius 1 is 1.19 bits per heavy atom. The average molecular weight is 299 g/mol. The predicted octanol–water partition coefficient (Wildman–Crippen LogP) is 4.98. The Balaban J connectivity index is 1.76. The highest BCUT2D eigenvalue weighted by molar-refractivity contribution is 6.31. The molecule has 3 rings (SSSR count). The van der Waals surface area contributed by atoms with E-state index in [1.165, 1.54) is 22.1 Å². The van der Waals surface area contributed by atoms with Gasteiger partial charge in [0.2, 0.25) is 0 Å². The van der Waals surface area contributed by atoms with Gasteiger partial charge in [-0.3, -0.25) is 0 Å². The third-order valence-electron chi connectivity index (χ3n) is 3.98. The summed E-state index contributed by atoms with van der Waals surface area (Å²) < 4.78 is 0. The quantitative estimate of drug-likeness (QED) is 0.698. The van der Waals surface area contributed by atoms with Crippen LogP contribution >= 0.6 is 11.6 Å². The second-order valence-electron chi connectivity index (χ2n) is 5.46. The second-order valence-corrected chi connectivity index (χ2v) is 5.90. The van der Waals surface area contributed by atoms with Crippen molar-refractivity contribution in [1.82, 2.24) is 10.3 Å². The molecule has 0 saturated carbocycles. The van der Waals surface area contributed by atoms with Gasteiger partial charge in [0.1, 0.15) is 0 Å². The van der Waals surface area contributed by atoms with Gasteiger partial charge in [-0.15, -0.1) is 0 Å². The lowest BCUT2D eigenvalue weighted by molar-refractivity contribution is 0.574. The molecule has 2 nitrogen and oxygen atoms in total. The van der Waals surface area contributed by atoms with E-state index in [1.54, 1.807) is 0 Å². The monoisotopic (exact) mass is 298 g/mol. The minimum Gasteiger partial charge on any atom is -0.361 e. The van der Waals surface area contributed by atoms with Gasteiger partial charge in [0.25, 0.3) is 0 Å². The van der Waals surface area contributed by atoms with Crippen LogP contribution < -0.4 is 5.32 Å². The number of fused-ring (bicyclic) bond motifs is 1. The Morgan fingerprint density at radius 3 is 2.81 bits per heavy atom.